The molecule has 0 radical (unpaired) electrons. The molecule has 0 spiro atoms. The lowest BCUT2D eigenvalue weighted by Gasteiger charge is -2.18. The smallest absolute Gasteiger partial charge is 0.337 e. The first-order valence-electron chi connectivity index (χ1n) is 8.52. The zero-order valence-electron chi connectivity index (χ0n) is 16.3. The highest BCUT2D eigenvalue weighted by molar-refractivity contribution is 7.93. The fraction of sp³-hybridized carbons (Fsp3) is 0.316. The van der Waals surface area contributed by atoms with Crippen molar-refractivity contribution < 1.29 is 26.7 Å². The minimum absolute atomic E-state index is 0.0603. The maximum absolute atomic E-state index is 13.1. The maximum Gasteiger partial charge on any atom is 0.337 e. The van der Waals surface area contributed by atoms with E-state index >= 15 is 0 Å². The van der Waals surface area contributed by atoms with Crippen molar-refractivity contribution in [3.63, 3.8) is 0 Å². The molecule has 0 aliphatic heterocycles. The molecular formula is C19H23NO6S2. The fourth-order valence-electron chi connectivity index (χ4n) is 2.93. The average molecular weight is 426 g/mol. The monoisotopic (exact) mass is 425 g/mol. The van der Waals surface area contributed by atoms with Crippen LogP contribution in [0.1, 0.15) is 39.5 Å². The number of sulfonamides is 1. The molecule has 0 amide bonds. The van der Waals surface area contributed by atoms with Gasteiger partial charge in [0.15, 0.2) is 9.84 Å². The van der Waals surface area contributed by atoms with Gasteiger partial charge in [-0.3, -0.25) is 4.72 Å². The zero-order chi connectivity index (χ0) is 21.4. The molecule has 0 saturated heterocycles. The molecule has 0 saturated carbocycles. The Morgan fingerprint density at radius 1 is 0.964 bits per heavy atom. The van der Waals surface area contributed by atoms with E-state index in [1.807, 2.05) is 6.07 Å². The molecule has 0 unspecified atom stereocenters. The Hall–Kier alpha value is -2.39. The van der Waals surface area contributed by atoms with Gasteiger partial charge in [-0.15, -0.1) is 0 Å². The molecule has 0 bridgehead atoms. The van der Waals surface area contributed by atoms with Crippen LogP contribution in [-0.2, 0) is 19.9 Å². The van der Waals surface area contributed by atoms with Crippen LogP contribution in [0.5, 0.6) is 0 Å². The third-order valence-electron chi connectivity index (χ3n) is 4.77. The highest BCUT2D eigenvalue weighted by atomic mass is 32.2. The van der Waals surface area contributed by atoms with E-state index in [4.69, 9.17) is 0 Å². The molecule has 0 aromatic heterocycles. The molecule has 2 N–H and O–H groups in total. The Kier molecular flexibility index (Phi) is 5.91. The number of sulfone groups is 1. The van der Waals surface area contributed by atoms with Gasteiger partial charge >= 0.3 is 5.97 Å². The van der Waals surface area contributed by atoms with E-state index in [2.05, 4.69) is 4.72 Å². The van der Waals surface area contributed by atoms with E-state index in [0.29, 0.717) is 11.1 Å². The van der Waals surface area contributed by atoms with Gasteiger partial charge in [0, 0.05) is 0 Å². The topological polar surface area (TPSA) is 118 Å². The third kappa shape index (κ3) is 4.05. The van der Waals surface area contributed by atoms with Crippen LogP contribution in [0.3, 0.4) is 0 Å². The van der Waals surface area contributed by atoms with Crippen LogP contribution in [0, 0.1) is 27.7 Å². The molecule has 2 rings (SSSR count). The molecule has 28 heavy (non-hydrogen) atoms. The Morgan fingerprint density at radius 3 is 1.96 bits per heavy atom. The van der Waals surface area contributed by atoms with E-state index in [9.17, 15) is 26.7 Å². The van der Waals surface area contributed by atoms with Crippen molar-refractivity contribution in [3.8, 4) is 0 Å². The van der Waals surface area contributed by atoms with Gasteiger partial charge < -0.3 is 5.11 Å². The molecule has 2 aromatic carbocycles. The summed E-state index contributed by atoms with van der Waals surface area (Å²) < 4.78 is 52.8. The summed E-state index contributed by atoms with van der Waals surface area (Å²) in [5.41, 5.74) is 2.03. The normalized spacial score (nSPS) is 12.0. The predicted octanol–water partition coefficient (Wildman–Crippen LogP) is 3.21. The van der Waals surface area contributed by atoms with E-state index < -0.39 is 25.8 Å². The van der Waals surface area contributed by atoms with Gasteiger partial charge in [0.1, 0.15) is 0 Å². The van der Waals surface area contributed by atoms with Crippen molar-refractivity contribution in [2.24, 2.45) is 0 Å². The largest absolute Gasteiger partial charge is 0.478 e. The van der Waals surface area contributed by atoms with Crippen molar-refractivity contribution in [2.45, 2.75) is 44.4 Å². The van der Waals surface area contributed by atoms with Crippen LogP contribution in [0.4, 0.5) is 5.69 Å². The van der Waals surface area contributed by atoms with Crippen LogP contribution in [0.2, 0.25) is 0 Å². The molecule has 0 aliphatic carbocycles. The summed E-state index contributed by atoms with van der Waals surface area (Å²) in [7, 11) is -7.79. The number of nitrogens with one attached hydrogen (secondary N) is 1. The summed E-state index contributed by atoms with van der Waals surface area (Å²) in [6.07, 6.45) is 0. The lowest BCUT2D eigenvalue weighted by molar-refractivity contribution is 0.0698. The first-order valence-corrected chi connectivity index (χ1v) is 11.7. The van der Waals surface area contributed by atoms with E-state index in [0.717, 1.165) is 29.3 Å². The number of aryl methyl sites for hydroxylation is 2. The van der Waals surface area contributed by atoms with Gasteiger partial charge in [-0.25, -0.2) is 21.6 Å². The third-order valence-corrected chi connectivity index (χ3v) is 8.14. The highest BCUT2D eigenvalue weighted by Crippen LogP contribution is 2.30. The molecule has 2 aromatic rings. The van der Waals surface area contributed by atoms with Gasteiger partial charge in [-0.2, -0.15) is 0 Å². The molecular weight excluding hydrogens is 402 g/mol. The second kappa shape index (κ2) is 7.56. The van der Waals surface area contributed by atoms with E-state index in [1.165, 1.54) is 6.92 Å². The number of hydrogen-bond acceptors (Lipinski definition) is 5. The Labute approximate surface area is 165 Å². The Morgan fingerprint density at radius 2 is 1.50 bits per heavy atom. The van der Waals surface area contributed by atoms with Crippen molar-refractivity contribution in [1.82, 2.24) is 0 Å². The number of carbonyl (C=O) groups is 1. The van der Waals surface area contributed by atoms with Crippen LogP contribution in [0.15, 0.2) is 34.1 Å². The summed E-state index contributed by atoms with van der Waals surface area (Å²) in [6, 6.07) is 5.17. The number of hydrogen-bond donors (Lipinski definition) is 2. The van der Waals surface area contributed by atoms with Crippen molar-refractivity contribution in [3.05, 3.63) is 52.1 Å². The number of aromatic carboxylic acids is 1. The predicted molar refractivity (Wildman–Crippen MR) is 107 cm³/mol. The maximum atomic E-state index is 13.1. The van der Waals surface area contributed by atoms with E-state index in [1.54, 1.807) is 27.7 Å². The summed E-state index contributed by atoms with van der Waals surface area (Å²) >= 11 is 0. The van der Waals surface area contributed by atoms with Gasteiger partial charge in [0.25, 0.3) is 10.0 Å². The molecule has 0 heterocycles. The van der Waals surface area contributed by atoms with Crippen molar-refractivity contribution in [2.75, 3.05) is 10.5 Å². The molecule has 0 aliphatic rings. The van der Waals surface area contributed by atoms with Crippen LogP contribution >= 0.6 is 0 Å². The van der Waals surface area contributed by atoms with Gasteiger partial charge in [-0.1, -0.05) is 13.0 Å². The molecule has 0 fully saturated rings. The number of rotatable bonds is 6. The lowest BCUT2D eigenvalue weighted by atomic mass is 10.0. The number of benzene rings is 2. The molecule has 9 heteroatoms. The second-order valence-electron chi connectivity index (χ2n) is 6.61. The summed E-state index contributed by atoms with van der Waals surface area (Å²) in [6.45, 7) is 8.38. The van der Waals surface area contributed by atoms with Gasteiger partial charge in [0.05, 0.1) is 26.8 Å². The standard InChI is InChI=1S/C19H23NO6S2/c1-6-27(23,24)15-7-8-16(19(21)22)17(10-15)20-28(25,26)18-13(4)11(2)9-12(3)14(18)5/h7-10,20H,6H2,1-5H3,(H,21,22). The van der Waals surface area contributed by atoms with Crippen LogP contribution in [0.25, 0.3) is 0 Å². The second-order valence-corrected chi connectivity index (χ2v) is 10.5. The first kappa shape index (κ1) is 21.9. The van der Waals surface area contributed by atoms with Crippen molar-refractivity contribution in [1.29, 1.82) is 0 Å². The van der Waals surface area contributed by atoms with Gasteiger partial charge in [-0.05, 0) is 68.1 Å². The minimum Gasteiger partial charge on any atom is -0.478 e. The summed E-state index contributed by atoms with van der Waals surface area (Å²) in [5, 5.41) is 9.40. The lowest BCUT2D eigenvalue weighted by Crippen LogP contribution is -2.19. The molecule has 0 atom stereocenters. The van der Waals surface area contributed by atoms with Crippen molar-refractivity contribution >= 4 is 31.5 Å². The fourth-order valence-corrected chi connectivity index (χ4v) is 5.53. The number of carboxylic acid groups (broad SMARTS) is 1. The Balaban J connectivity index is 2.71. The average Bonchev–Trinajstić information content (AvgIpc) is 2.59. The zero-order valence-corrected chi connectivity index (χ0v) is 18.0. The highest BCUT2D eigenvalue weighted by Gasteiger charge is 2.25. The van der Waals surface area contributed by atoms with Gasteiger partial charge in [0.2, 0.25) is 0 Å². The Bertz CT molecular complexity index is 1140. The number of anilines is 1. The molecule has 152 valence electrons. The van der Waals surface area contributed by atoms with Crippen LogP contribution < -0.4 is 4.72 Å². The first-order chi connectivity index (χ1) is 12.8. The van der Waals surface area contributed by atoms with Crippen LogP contribution in [-0.4, -0.2) is 33.7 Å². The number of carboxylic acids is 1. The molecule has 7 nitrogen and oxygen atoms in total. The van der Waals surface area contributed by atoms with E-state index in [-0.39, 0.29) is 26.8 Å². The minimum atomic E-state index is -4.15. The SMILES string of the molecule is CCS(=O)(=O)c1ccc(C(=O)O)c(NS(=O)(=O)c2c(C)c(C)cc(C)c2C)c1. The quantitative estimate of drug-likeness (QED) is 0.734. The summed E-state index contributed by atoms with van der Waals surface area (Å²) in [5.74, 6) is -1.56. The summed E-state index contributed by atoms with van der Waals surface area (Å²) in [4.78, 5) is 11.4.